The Labute approximate surface area is 204 Å². The summed E-state index contributed by atoms with van der Waals surface area (Å²) in [5.41, 5.74) is 3.63. The molecule has 0 spiro atoms. The van der Waals surface area contributed by atoms with E-state index >= 15 is 0 Å². The lowest BCUT2D eigenvalue weighted by Gasteiger charge is -2.36. The van der Waals surface area contributed by atoms with Crippen LogP contribution in [-0.2, 0) is 16.0 Å². The molecule has 0 radical (unpaired) electrons. The molecule has 34 heavy (non-hydrogen) atoms. The minimum Gasteiger partial charge on any atom is -0.479 e. The number of hydrogen-bond acceptors (Lipinski definition) is 5. The zero-order chi connectivity index (χ0) is 23.7. The van der Waals surface area contributed by atoms with Crippen molar-refractivity contribution in [2.75, 3.05) is 24.5 Å². The summed E-state index contributed by atoms with van der Waals surface area (Å²) in [6.45, 7) is 5.49. The SMILES string of the molecule is CC1CCN(C(=O)CN2C(=O)C(C)Oc3ccc(-c4csc(Cc5ccccc5)n4)cc32)CC1. The number of aromatic nitrogens is 1. The van der Waals surface area contributed by atoms with Crippen molar-refractivity contribution >= 4 is 28.8 Å². The average Bonchev–Trinajstić information content (AvgIpc) is 3.31. The number of rotatable bonds is 5. The second-order valence-corrected chi connectivity index (χ2v) is 10.2. The number of nitrogens with zero attached hydrogens (tertiary/aromatic N) is 3. The number of carbonyl (C=O) groups is 2. The fraction of sp³-hybridized carbons (Fsp3) is 0.370. The van der Waals surface area contributed by atoms with E-state index in [1.807, 2.05) is 46.7 Å². The minimum atomic E-state index is -0.621. The van der Waals surface area contributed by atoms with Gasteiger partial charge in [0.1, 0.15) is 12.3 Å². The van der Waals surface area contributed by atoms with Crippen molar-refractivity contribution in [3.05, 3.63) is 64.5 Å². The summed E-state index contributed by atoms with van der Waals surface area (Å²) in [5, 5.41) is 3.07. The lowest BCUT2D eigenvalue weighted by atomic mass is 9.99. The summed E-state index contributed by atoms with van der Waals surface area (Å²) < 4.78 is 5.86. The van der Waals surface area contributed by atoms with E-state index < -0.39 is 6.10 Å². The average molecular weight is 476 g/mol. The van der Waals surface area contributed by atoms with Gasteiger partial charge >= 0.3 is 0 Å². The lowest BCUT2D eigenvalue weighted by Crippen LogP contribution is -2.50. The lowest BCUT2D eigenvalue weighted by molar-refractivity contribution is -0.134. The van der Waals surface area contributed by atoms with Gasteiger partial charge in [0, 0.05) is 30.5 Å². The van der Waals surface area contributed by atoms with Gasteiger partial charge in [0.15, 0.2) is 6.10 Å². The fourth-order valence-electron chi connectivity index (χ4n) is 4.52. The van der Waals surface area contributed by atoms with Gasteiger partial charge in [0.2, 0.25) is 5.91 Å². The Morgan fingerprint density at radius 2 is 1.88 bits per heavy atom. The number of anilines is 1. The molecule has 2 amide bonds. The quantitative estimate of drug-likeness (QED) is 0.533. The number of ether oxygens (including phenoxy) is 1. The molecule has 1 atom stereocenters. The number of thiazole rings is 1. The molecule has 1 aromatic heterocycles. The first-order chi connectivity index (χ1) is 16.5. The molecule has 176 valence electrons. The van der Waals surface area contributed by atoms with E-state index in [4.69, 9.17) is 9.72 Å². The molecule has 2 aliphatic heterocycles. The minimum absolute atomic E-state index is 0.00971. The molecule has 1 unspecified atom stereocenters. The second kappa shape index (κ2) is 9.58. The number of carbonyl (C=O) groups excluding carboxylic acids is 2. The number of fused-ring (bicyclic) bond motifs is 1. The molecule has 5 rings (SSSR count). The van der Waals surface area contributed by atoms with Crippen LogP contribution in [0.3, 0.4) is 0 Å². The van der Waals surface area contributed by atoms with Crippen LogP contribution in [0.25, 0.3) is 11.3 Å². The number of benzene rings is 2. The molecule has 3 heterocycles. The molecule has 7 heteroatoms. The predicted molar refractivity (Wildman–Crippen MR) is 134 cm³/mol. The van der Waals surface area contributed by atoms with Gasteiger partial charge in [-0.05, 0) is 49.4 Å². The molecular weight excluding hydrogens is 446 g/mol. The fourth-order valence-corrected chi connectivity index (χ4v) is 5.36. The van der Waals surface area contributed by atoms with Crippen molar-refractivity contribution in [2.45, 2.75) is 39.2 Å². The maximum atomic E-state index is 13.0. The molecule has 6 nitrogen and oxygen atoms in total. The van der Waals surface area contributed by atoms with Crippen LogP contribution in [0.4, 0.5) is 5.69 Å². The van der Waals surface area contributed by atoms with Crippen molar-refractivity contribution in [1.29, 1.82) is 0 Å². The van der Waals surface area contributed by atoms with E-state index in [-0.39, 0.29) is 18.4 Å². The molecule has 1 fully saturated rings. The molecule has 0 N–H and O–H groups in total. The number of amides is 2. The standard InChI is InChI=1S/C27H29N3O3S/c1-18-10-12-29(13-11-18)26(31)16-30-23-15-21(8-9-24(23)33-19(2)27(30)32)22-17-34-25(28-22)14-20-6-4-3-5-7-20/h3-9,15,17-19H,10-14,16H2,1-2H3. The van der Waals surface area contributed by atoms with Crippen LogP contribution >= 0.6 is 11.3 Å². The highest BCUT2D eigenvalue weighted by atomic mass is 32.1. The van der Waals surface area contributed by atoms with Crippen molar-refractivity contribution in [3.63, 3.8) is 0 Å². The monoisotopic (exact) mass is 475 g/mol. The topological polar surface area (TPSA) is 62.7 Å². The molecule has 0 aliphatic carbocycles. The maximum Gasteiger partial charge on any atom is 0.268 e. The summed E-state index contributed by atoms with van der Waals surface area (Å²) in [7, 11) is 0. The van der Waals surface area contributed by atoms with Crippen LogP contribution in [0.1, 0.15) is 37.3 Å². The maximum absolute atomic E-state index is 13.0. The Hall–Kier alpha value is -3.19. The molecule has 0 saturated carbocycles. The van der Waals surface area contributed by atoms with Gasteiger partial charge in [-0.2, -0.15) is 0 Å². The van der Waals surface area contributed by atoms with Crippen molar-refractivity contribution in [3.8, 4) is 17.0 Å². The van der Waals surface area contributed by atoms with E-state index in [1.54, 1.807) is 23.2 Å². The summed E-state index contributed by atoms with van der Waals surface area (Å²) >= 11 is 1.62. The highest BCUT2D eigenvalue weighted by Gasteiger charge is 2.34. The number of likely N-dealkylation sites (tertiary alicyclic amines) is 1. The van der Waals surface area contributed by atoms with Gasteiger partial charge in [0.25, 0.3) is 5.91 Å². The van der Waals surface area contributed by atoms with E-state index in [2.05, 4.69) is 19.1 Å². The van der Waals surface area contributed by atoms with Gasteiger partial charge in [-0.1, -0.05) is 37.3 Å². The molecule has 2 aliphatic rings. The Bertz CT molecular complexity index is 1180. The van der Waals surface area contributed by atoms with Crippen LogP contribution in [0, 0.1) is 5.92 Å². The third-order valence-electron chi connectivity index (χ3n) is 6.64. The molecule has 3 aromatic rings. The van der Waals surface area contributed by atoms with E-state index in [9.17, 15) is 9.59 Å². The Balaban J connectivity index is 1.38. The highest BCUT2D eigenvalue weighted by Crippen LogP contribution is 2.38. The molecule has 2 aromatic carbocycles. The van der Waals surface area contributed by atoms with Gasteiger partial charge in [0.05, 0.1) is 16.4 Å². The van der Waals surface area contributed by atoms with Crippen LogP contribution in [0.5, 0.6) is 5.75 Å². The smallest absolute Gasteiger partial charge is 0.268 e. The Morgan fingerprint density at radius 1 is 1.12 bits per heavy atom. The van der Waals surface area contributed by atoms with Gasteiger partial charge < -0.3 is 9.64 Å². The Morgan fingerprint density at radius 3 is 2.65 bits per heavy atom. The van der Waals surface area contributed by atoms with E-state index in [0.29, 0.717) is 17.4 Å². The normalized spacial score (nSPS) is 18.5. The first-order valence-electron chi connectivity index (χ1n) is 11.9. The third-order valence-corrected chi connectivity index (χ3v) is 7.49. The summed E-state index contributed by atoms with van der Waals surface area (Å²) in [4.78, 5) is 34.4. The second-order valence-electron chi connectivity index (χ2n) is 9.22. The van der Waals surface area contributed by atoms with E-state index in [1.165, 1.54) is 5.56 Å². The van der Waals surface area contributed by atoms with Crippen LogP contribution in [-0.4, -0.2) is 47.4 Å². The first kappa shape index (κ1) is 22.6. The summed E-state index contributed by atoms with van der Waals surface area (Å²) in [6, 6.07) is 16.0. The molecule has 1 saturated heterocycles. The zero-order valence-electron chi connectivity index (χ0n) is 19.6. The summed E-state index contributed by atoms with van der Waals surface area (Å²) in [6.07, 6.45) is 2.18. The summed E-state index contributed by atoms with van der Waals surface area (Å²) in [5.74, 6) is 1.06. The van der Waals surface area contributed by atoms with Gasteiger partial charge in [-0.25, -0.2) is 4.98 Å². The zero-order valence-corrected chi connectivity index (χ0v) is 20.4. The van der Waals surface area contributed by atoms with E-state index in [0.717, 1.165) is 48.6 Å². The predicted octanol–water partition coefficient (Wildman–Crippen LogP) is 4.77. The largest absolute Gasteiger partial charge is 0.479 e. The Kier molecular flexibility index (Phi) is 6.37. The molecule has 0 bridgehead atoms. The van der Waals surface area contributed by atoms with Crippen LogP contribution < -0.4 is 9.64 Å². The number of piperidine rings is 1. The highest BCUT2D eigenvalue weighted by molar-refractivity contribution is 7.10. The van der Waals surface area contributed by atoms with Crippen LogP contribution in [0.15, 0.2) is 53.9 Å². The van der Waals surface area contributed by atoms with Crippen LogP contribution in [0.2, 0.25) is 0 Å². The van der Waals surface area contributed by atoms with Crippen molar-refractivity contribution < 1.29 is 14.3 Å². The van der Waals surface area contributed by atoms with Crippen molar-refractivity contribution in [2.24, 2.45) is 5.92 Å². The molecular formula is C27H29N3O3S. The van der Waals surface area contributed by atoms with Gasteiger partial charge in [-0.3, -0.25) is 14.5 Å². The van der Waals surface area contributed by atoms with Gasteiger partial charge in [-0.15, -0.1) is 11.3 Å². The third kappa shape index (κ3) is 4.71. The number of hydrogen-bond donors (Lipinski definition) is 0. The first-order valence-corrected chi connectivity index (χ1v) is 12.7. The van der Waals surface area contributed by atoms with Crippen molar-refractivity contribution in [1.82, 2.24) is 9.88 Å².